The molecule has 106 valence electrons. The Bertz CT molecular complexity index is 590. The van der Waals surface area contributed by atoms with Crippen molar-refractivity contribution in [2.24, 2.45) is 17.6 Å². The first kappa shape index (κ1) is 13.6. The molecule has 3 rings (SSSR count). The maximum absolute atomic E-state index is 6.77. The van der Waals surface area contributed by atoms with Crippen LogP contribution in [0.15, 0.2) is 36.5 Å². The van der Waals surface area contributed by atoms with Crippen molar-refractivity contribution in [2.75, 3.05) is 0 Å². The van der Waals surface area contributed by atoms with Gasteiger partial charge in [-0.05, 0) is 49.1 Å². The van der Waals surface area contributed by atoms with Gasteiger partial charge in [0.2, 0.25) is 0 Å². The molecule has 0 bridgehead atoms. The Balaban J connectivity index is 1.95. The Morgan fingerprint density at radius 1 is 1.15 bits per heavy atom. The summed E-state index contributed by atoms with van der Waals surface area (Å²) in [4.78, 5) is 4.58. The van der Waals surface area contributed by atoms with Crippen LogP contribution >= 0.6 is 0 Å². The van der Waals surface area contributed by atoms with Crippen LogP contribution in [-0.4, -0.2) is 4.98 Å². The summed E-state index contributed by atoms with van der Waals surface area (Å²) in [5.74, 6) is 1.60. The third-order valence-electron chi connectivity index (χ3n) is 5.03. The van der Waals surface area contributed by atoms with Crippen LogP contribution in [0.2, 0.25) is 0 Å². The van der Waals surface area contributed by atoms with Crippen molar-refractivity contribution < 1.29 is 0 Å². The van der Waals surface area contributed by atoms with E-state index in [1.807, 2.05) is 12.3 Å². The van der Waals surface area contributed by atoms with Crippen molar-refractivity contribution in [3.05, 3.63) is 42.1 Å². The molecule has 2 nitrogen and oxygen atoms in total. The minimum Gasteiger partial charge on any atom is -0.321 e. The van der Waals surface area contributed by atoms with Gasteiger partial charge < -0.3 is 5.73 Å². The second-order valence-corrected chi connectivity index (χ2v) is 6.62. The fraction of sp³-hybridized carbons (Fsp3) is 0.500. The molecule has 20 heavy (non-hydrogen) atoms. The molecule has 1 aliphatic carbocycles. The Kier molecular flexibility index (Phi) is 3.51. The number of hydrogen-bond donors (Lipinski definition) is 1. The molecule has 2 N–H and O–H groups in total. The van der Waals surface area contributed by atoms with Crippen LogP contribution in [0.3, 0.4) is 0 Å². The minimum absolute atomic E-state index is 0.195. The number of pyridine rings is 1. The highest BCUT2D eigenvalue weighted by Gasteiger charge is 2.35. The van der Waals surface area contributed by atoms with Crippen LogP contribution in [0.4, 0.5) is 0 Å². The number of nitrogens with two attached hydrogens (primary N) is 1. The molecule has 2 aromatic rings. The van der Waals surface area contributed by atoms with Crippen molar-refractivity contribution in [1.82, 2.24) is 4.98 Å². The number of fused-ring (bicyclic) bond motifs is 1. The Morgan fingerprint density at radius 2 is 1.85 bits per heavy atom. The lowest BCUT2D eigenvalue weighted by Gasteiger charge is -2.39. The second kappa shape index (κ2) is 5.17. The highest BCUT2D eigenvalue weighted by atomic mass is 14.8. The topological polar surface area (TPSA) is 38.9 Å². The summed E-state index contributed by atoms with van der Waals surface area (Å²) < 4.78 is 0. The molecule has 1 saturated carbocycles. The van der Waals surface area contributed by atoms with Gasteiger partial charge >= 0.3 is 0 Å². The van der Waals surface area contributed by atoms with E-state index in [1.54, 1.807) is 0 Å². The number of aromatic nitrogens is 1. The molecule has 1 aliphatic rings. The second-order valence-electron chi connectivity index (χ2n) is 6.62. The lowest BCUT2D eigenvalue weighted by atomic mass is 9.70. The van der Waals surface area contributed by atoms with Gasteiger partial charge in [0.1, 0.15) is 0 Å². The average Bonchev–Trinajstić information content (AvgIpc) is 2.47. The molecular weight excluding hydrogens is 244 g/mol. The fourth-order valence-electron chi connectivity index (χ4n) is 3.60. The fourth-order valence-corrected chi connectivity index (χ4v) is 3.60. The normalized spacial score (nSPS) is 27.1. The van der Waals surface area contributed by atoms with Gasteiger partial charge in [-0.15, -0.1) is 0 Å². The van der Waals surface area contributed by atoms with Crippen LogP contribution in [0.1, 0.15) is 45.1 Å². The van der Waals surface area contributed by atoms with Gasteiger partial charge in [0.25, 0.3) is 0 Å². The quantitative estimate of drug-likeness (QED) is 0.885. The molecule has 0 aliphatic heterocycles. The molecule has 0 unspecified atom stereocenters. The van der Waals surface area contributed by atoms with Crippen molar-refractivity contribution in [1.29, 1.82) is 0 Å². The van der Waals surface area contributed by atoms with E-state index in [4.69, 9.17) is 5.73 Å². The van der Waals surface area contributed by atoms with Gasteiger partial charge in [-0.25, -0.2) is 0 Å². The summed E-state index contributed by atoms with van der Waals surface area (Å²) >= 11 is 0. The van der Waals surface area contributed by atoms with Gasteiger partial charge in [-0.2, -0.15) is 0 Å². The van der Waals surface area contributed by atoms with E-state index in [9.17, 15) is 0 Å². The first-order valence-electron chi connectivity index (χ1n) is 7.73. The Morgan fingerprint density at radius 3 is 2.55 bits per heavy atom. The van der Waals surface area contributed by atoms with Crippen molar-refractivity contribution in [3.8, 4) is 0 Å². The van der Waals surface area contributed by atoms with E-state index >= 15 is 0 Å². The van der Waals surface area contributed by atoms with Crippen molar-refractivity contribution in [3.63, 3.8) is 0 Å². The number of rotatable bonds is 2. The number of benzene rings is 1. The monoisotopic (exact) mass is 268 g/mol. The molecule has 0 saturated heterocycles. The molecule has 1 heterocycles. The molecule has 1 fully saturated rings. The Hall–Kier alpha value is -1.41. The maximum Gasteiger partial charge on any atom is 0.0752 e. The smallest absolute Gasteiger partial charge is 0.0752 e. The highest BCUT2D eigenvalue weighted by Crippen LogP contribution is 2.41. The Labute approximate surface area is 121 Å². The summed E-state index contributed by atoms with van der Waals surface area (Å²) in [6.07, 6.45) is 6.49. The third-order valence-corrected chi connectivity index (χ3v) is 5.03. The lowest BCUT2D eigenvalue weighted by Crippen LogP contribution is -2.41. The highest BCUT2D eigenvalue weighted by molar-refractivity contribution is 5.82. The van der Waals surface area contributed by atoms with E-state index in [1.165, 1.54) is 23.8 Å². The van der Waals surface area contributed by atoms with E-state index in [0.717, 1.165) is 30.2 Å². The molecule has 0 amide bonds. The van der Waals surface area contributed by atoms with Crippen LogP contribution in [0.25, 0.3) is 10.9 Å². The van der Waals surface area contributed by atoms with Gasteiger partial charge in [-0.1, -0.05) is 38.1 Å². The molecule has 1 aromatic heterocycles. The van der Waals surface area contributed by atoms with Crippen molar-refractivity contribution in [2.45, 2.75) is 45.1 Å². The molecular formula is C18H24N2. The minimum atomic E-state index is -0.195. The van der Waals surface area contributed by atoms with Gasteiger partial charge in [0.05, 0.1) is 5.52 Å². The van der Waals surface area contributed by atoms with Crippen molar-refractivity contribution >= 4 is 10.9 Å². The van der Waals surface area contributed by atoms with Crippen LogP contribution in [-0.2, 0) is 5.54 Å². The van der Waals surface area contributed by atoms with Gasteiger partial charge in [0.15, 0.2) is 0 Å². The summed E-state index contributed by atoms with van der Waals surface area (Å²) in [6.45, 7) is 4.65. The van der Waals surface area contributed by atoms with Crippen LogP contribution < -0.4 is 5.73 Å². The molecule has 0 spiro atoms. The molecule has 0 radical (unpaired) electrons. The summed E-state index contributed by atoms with van der Waals surface area (Å²) in [6, 6.07) is 10.5. The lowest BCUT2D eigenvalue weighted by molar-refractivity contribution is 0.197. The molecule has 1 aromatic carbocycles. The molecule has 2 heteroatoms. The predicted molar refractivity (Wildman–Crippen MR) is 84.4 cm³/mol. The summed E-state index contributed by atoms with van der Waals surface area (Å²) in [5.41, 5.74) is 8.89. The zero-order chi connectivity index (χ0) is 14.2. The standard InChI is InChI=1S/C18H24N2/c1-13(2)14-8-10-18(19,11-9-14)16-7-3-5-15-6-4-12-20-17(15)16/h3-7,12-14H,8-11,19H2,1-2H3. The van der Waals surface area contributed by atoms with E-state index in [0.29, 0.717) is 0 Å². The summed E-state index contributed by atoms with van der Waals surface area (Å²) in [7, 11) is 0. The zero-order valence-corrected chi connectivity index (χ0v) is 12.5. The SMILES string of the molecule is CC(C)C1CCC(N)(c2cccc3cccnc23)CC1. The van der Waals surface area contributed by atoms with E-state index in [2.05, 4.69) is 43.1 Å². The number of hydrogen-bond acceptors (Lipinski definition) is 2. The number of para-hydroxylation sites is 1. The largest absolute Gasteiger partial charge is 0.321 e. The zero-order valence-electron chi connectivity index (χ0n) is 12.5. The third kappa shape index (κ3) is 2.33. The molecule has 0 atom stereocenters. The number of nitrogens with zero attached hydrogens (tertiary/aromatic N) is 1. The first-order valence-corrected chi connectivity index (χ1v) is 7.73. The van der Waals surface area contributed by atoms with Crippen LogP contribution in [0.5, 0.6) is 0 Å². The first-order chi connectivity index (χ1) is 9.60. The average molecular weight is 268 g/mol. The maximum atomic E-state index is 6.77. The van der Waals surface area contributed by atoms with Gasteiger partial charge in [0, 0.05) is 17.1 Å². The van der Waals surface area contributed by atoms with E-state index in [-0.39, 0.29) is 5.54 Å². The van der Waals surface area contributed by atoms with Crippen LogP contribution in [0, 0.1) is 11.8 Å². The van der Waals surface area contributed by atoms with E-state index < -0.39 is 0 Å². The predicted octanol–water partition coefficient (Wildman–Crippen LogP) is 4.24. The van der Waals surface area contributed by atoms with Gasteiger partial charge in [-0.3, -0.25) is 4.98 Å². The summed E-state index contributed by atoms with van der Waals surface area (Å²) in [5, 5.41) is 1.20.